The van der Waals surface area contributed by atoms with Crippen molar-refractivity contribution in [1.82, 2.24) is 10.6 Å². The highest BCUT2D eigenvalue weighted by atomic mass is 19.2. The Labute approximate surface area is 157 Å². The smallest absolute Gasteiger partial charge is 0.246 e. The molecule has 3 N–H and O–H groups in total. The number of amides is 1. The molecule has 6 nitrogen and oxygen atoms in total. The largest absolute Gasteiger partial charge is 0.381 e. The molecule has 0 spiro atoms. The molecule has 0 atom stereocenters. The van der Waals surface area contributed by atoms with Gasteiger partial charge in [-0.25, -0.2) is 18.2 Å². The molecule has 1 aromatic rings. The Morgan fingerprint density at radius 2 is 1.93 bits per heavy atom. The van der Waals surface area contributed by atoms with E-state index in [1.807, 2.05) is 6.92 Å². The second-order valence-electron chi connectivity index (χ2n) is 6.22. The first-order chi connectivity index (χ1) is 12.8. The number of ether oxygens (including phenoxy) is 1. The Morgan fingerprint density at radius 3 is 2.59 bits per heavy atom. The quantitative estimate of drug-likeness (QED) is 0.249. The maximum atomic E-state index is 13.6. The fourth-order valence-electron chi connectivity index (χ4n) is 2.00. The molecular weight excluding hydrogens is 361 g/mol. The second kappa shape index (κ2) is 12.2. The summed E-state index contributed by atoms with van der Waals surface area (Å²) in [5.41, 5.74) is -0.436. The number of aliphatic imine (C=N–C) groups is 1. The molecule has 0 aliphatic heterocycles. The number of guanidine groups is 1. The summed E-state index contributed by atoms with van der Waals surface area (Å²) >= 11 is 0. The summed E-state index contributed by atoms with van der Waals surface area (Å²) in [6.07, 6.45) is 0.767. The number of carbonyl (C=O) groups is 1. The monoisotopic (exact) mass is 388 g/mol. The number of hydrogen-bond donors (Lipinski definition) is 3. The van der Waals surface area contributed by atoms with Crippen LogP contribution in [0.3, 0.4) is 0 Å². The number of nitrogens with one attached hydrogen (secondary N) is 3. The summed E-state index contributed by atoms with van der Waals surface area (Å²) in [6, 6.07) is 1.69. The van der Waals surface area contributed by atoms with E-state index in [9.17, 15) is 18.0 Å². The number of nitrogens with zero attached hydrogens (tertiary/aromatic N) is 1. The van der Waals surface area contributed by atoms with Crippen LogP contribution in [0.25, 0.3) is 0 Å². The highest BCUT2D eigenvalue weighted by Gasteiger charge is 2.15. The highest BCUT2D eigenvalue weighted by Crippen LogP contribution is 2.19. The van der Waals surface area contributed by atoms with E-state index in [0.29, 0.717) is 38.2 Å². The van der Waals surface area contributed by atoms with Gasteiger partial charge in [0.25, 0.3) is 0 Å². The van der Waals surface area contributed by atoms with Crippen LogP contribution in [0.2, 0.25) is 0 Å². The van der Waals surface area contributed by atoms with Crippen molar-refractivity contribution in [3.63, 3.8) is 0 Å². The molecule has 9 heteroatoms. The first kappa shape index (κ1) is 22.8. The number of hydrogen-bond acceptors (Lipinski definition) is 3. The van der Waals surface area contributed by atoms with Gasteiger partial charge in [-0.15, -0.1) is 0 Å². The van der Waals surface area contributed by atoms with Gasteiger partial charge in [0.1, 0.15) is 6.54 Å². The molecule has 0 unspecified atom stereocenters. The normalized spacial score (nSPS) is 11.6. The van der Waals surface area contributed by atoms with Crippen molar-refractivity contribution >= 4 is 17.6 Å². The zero-order valence-corrected chi connectivity index (χ0v) is 15.9. The number of carbonyl (C=O) groups excluding carboxylic acids is 1. The fourth-order valence-corrected chi connectivity index (χ4v) is 2.00. The molecule has 0 aromatic heterocycles. The molecule has 152 valence electrons. The van der Waals surface area contributed by atoms with Crippen LogP contribution >= 0.6 is 0 Å². The fraction of sp³-hybridized carbons (Fsp3) is 0.556. The minimum atomic E-state index is -1.63. The first-order valence-corrected chi connectivity index (χ1v) is 8.88. The van der Waals surface area contributed by atoms with Crippen molar-refractivity contribution in [3.8, 4) is 0 Å². The van der Waals surface area contributed by atoms with Gasteiger partial charge >= 0.3 is 0 Å². The number of anilines is 1. The summed E-state index contributed by atoms with van der Waals surface area (Å²) < 4.78 is 45.1. The third kappa shape index (κ3) is 8.76. The summed E-state index contributed by atoms with van der Waals surface area (Å²) in [6.45, 7) is 8.22. The molecule has 0 heterocycles. The van der Waals surface area contributed by atoms with Crippen LogP contribution in [0.15, 0.2) is 17.1 Å². The molecule has 0 radical (unpaired) electrons. The molecule has 0 saturated heterocycles. The minimum Gasteiger partial charge on any atom is -0.381 e. The molecular formula is C18H27F3N4O2. The average molecular weight is 388 g/mol. The molecule has 0 saturated carbocycles. The summed E-state index contributed by atoms with van der Waals surface area (Å²) in [4.78, 5) is 15.9. The summed E-state index contributed by atoms with van der Waals surface area (Å²) in [5.74, 6) is -4.15. The van der Waals surface area contributed by atoms with Crippen molar-refractivity contribution in [3.05, 3.63) is 29.6 Å². The average Bonchev–Trinajstić information content (AvgIpc) is 2.62. The zero-order chi connectivity index (χ0) is 20.2. The van der Waals surface area contributed by atoms with Gasteiger partial charge in [-0.05, 0) is 31.4 Å². The van der Waals surface area contributed by atoms with E-state index in [4.69, 9.17) is 4.74 Å². The van der Waals surface area contributed by atoms with Gasteiger partial charge in [-0.2, -0.15) is 0 Å². The van der Waals surface area contributed by atoms with Gasteiger partial charge in [0.05, 0.1) is 5.69 Å². The van der Waals surface area contributed by atoms with E-state index < -0.39 is 29.0 Å². The lowest BCUT2D eigenvalue weighted by atomic mass is 10.2. The predicted octanol–water partition coefficient (Wildman–Crippen LogP) is 2.66. The predicted molar refractivity (Wildman–Crippen MR) is 99.2 cm³/mol. The van der Waals surface area contributed by atoms with Crippen molar-refractivity contribution in [2.75, 3.05) is 38.2 Å². The van der Waals surface area contributed by atoms with Gasteiger partial charge in [-0.3, -0.25) is 4.79 Å². The molecule has 0 fully saturated rings. The topological polar surface area (TPSA) is 74.8 Å². The third-order valence-corrected chi connectivity index (χ3v) is 3.24. The Bertz CT molecular complexity index is 639. The van der Waals surface area contributed by atoms with Crippen molar-refractivity contribution < 1.29 is 22.7 Å². The van der Waals surface area contributed by atoms with E-state index in [-0.39, 0.29) is 6.54 Å². The number of rotatable bonds is 10. The molecule has 27 heavy (non-hydrogen) atoms. The lowest BCUT2D eigenvalue weighted by molar-refractivity contribution is -0.114. The Balaban J connectivity index is 2.47. The maximum Gasteiger partial charge on any atom is 0.246 e. The Kier molecular flexibility index (Phi) is 10.2. The van der Waals surface area contributed by atoms with E-state index in [1.165, 1.54) is 0 Å². The molecule has 1 amide bonds. The van der Waals surface area contributed by atoms with Gasteiger partial charge < -0.3 is 20.7 Å². The van der Waals surface area contributed by atoms with Crippen LogP contribution in [0.5, 0.6) is 0 Å². The molecule has 0 aliphatic carbocycles. The third-order valence-electron chi connectivity index (χ3n) is 3.24. The van der Waals surface area contributed by atoms with Crippen LogP contribution < -0.4 is 16.0 Å². The molecule has 1 aromatic carbocycles. The van der Waals surface area contributed by atoms with Crippen LogP contribution in [0, 0.1) is 23.4 Å². The lowest BCUT2D eigenvalue weighted by Gasteiger charge is -2.12. The van der Waals surface area contributed by atoms with Crippen LogP contribution in [-0.2, 0) is 9.53 Å². The van der Waals surface area contributed by atoms with Gasteiger partial charge in [0.15, 0.2) is 23.4 Å². The number of benzene rings is 1. The standard InChI is InChI=1S/C18H27F3N4O2/c1-4-22-18(23-8-5-9-27-11-12(2)3)24-10-15(26)25-14-7-6-13(19)16(20)17(14)21/h6-7,12H,4-5,8-11H2,1-3H3,(H,25,26)(H2,22,23,24). The zero-order valence-electron chi connectivity index (χ0n) is 15.9. The highest BCUT2D eigenvalue weighted by molar-refractivity contribution is 5.94. The van der Waals surface area contributed by atoms with Crippen molar-refractivity contribution in [2.45, 2.75) is 27.2 Å². The van der Waals surface area contributed by atoms with Crippen molar-refractivity contribution in [2.24, 2.45) is 10.9 Å². The number of halogens is 3. The van der Waals surface area contributed by atoms with Crippen LogP contribution in [0.4, 0.5) is 18.9 Å². The molecule has 1 rings (SSSR count). The van der Waals surface area contributed by atoms with Crippen LogP contribution in [-0.4, -0.2) is 44.7 Å². The van der Waals surface area contributed by atoms with Crippen LogP contribution in [0.1, 0.15) is 27.2 Å². The maximum absolute atomic E-state index is 13.6. The second-order valence-corrected chi connectivity index (χ2v) is 6.22. The van der Waals surface area contributed by atoms with E-state index in [2.05, 4.69) is 34.8 Å². The lowest BCUT2D eigenvalue weighted by Crippen LogP contribution is -2.38. The minimum absolute atomic E-state index is 0.308. The first-order valence-electron chi connectivity index (χ1n) is 8.88. The summed E-state index contributed by atoms with van der Waals surface area (Å²) in [7, 11) is 0. The van der Waals surface area contributed by atoms with Gasteiger partial charge in [0, 0.05) is 26.3 Å². The van der Waals surface area contributed by atoms with Gasteiger partial charge in [-0.1, -0.05) is 13.8 Å². The Morgan fingerprint density at radius 1 is 1.19 bits per heavy atom. The van der Waals surface area contributed by atoms with Gasteiger partial charge in [0.2, 0.25) is 5.91 Å². The molecule has 0 aliphatic rings. The summed E-state index contributed by atoms with van der Waals surface area (Å²) in [5, 5.41) is 8.19. The van der Waals surface area contributed by atoms with E-state index in [0.717, 1.165) is 18.6 Å². The van der Waals surface area contributed by atoms with E-state index in [1.54, 1.807) is 0 Å². The molecule has 0 bridgehead atoms. The van der Waals surface area contributed by atoms with E-state index >= 15 is 0 Å². The SMILES string of the molecule is CCNC(=NCC(=O)Nc1ccc(F)c(F)c1F)NCCCOCC(C)C. The Hall–Kier alpha value is -2.29. The van der Waals surface area contributed by atoms with Crippen molar-refractivity contribution in [1.29, 1.82) is 0 Å².